The first-order valence-electron chi connectivity index (χ1n) is 5.84. The van der Waals surface area contributed by atoms with Crippen LogP contribution in [-0.4, -0.2) is 41.8 Å². The molecular formula is C12H16BrNO3S. The molecule has 2 heterocycles. The number of carbonyl (C=O) groups is 1. The topological polar surface area (TPSA) is 49.8 Å². The summed E-state index contributed by atoms with van der Waals surface area (Å²) >= 11 is 5.12. The summed E-state index contributed by atoms with van der Waals surface area (Å²) in [6.07, 6.45) is 0.879. The zero-order valence-corrected chi connectivity index (χ0v) is 12.5. The fraction of sp³-hybridized carbons (Fsp3) is 0.583. The van der Waals surface area contributed by atoms with Crippen molar-refractivity contribution in [1.82, 2.24) is 4.90 Å². The fourth-order valence-corrected chi connectivity index (χ4v) is 3.37. The van der Waals surface area contributed by atoms with E-state index in [9.17, 15) is 4.79 Å². The van der Waals surface area contributed by atoms with E-state index in [4.69, 9.17) is 9.84 Å². The zero-order chi connectivity index (χ0) is 13.1. The van der Waals surface area contributed by atoms with Crippen molar-refractivity contribution in [3.63, 3.8) is 0 Å². The number of thiophene rings is 1. The van der Waals surface area contributed by atoms with E-state index in [1.807, 2.05) is 7.05 Å². The lowest BCUT2D eigenvalue weighted by molar-refractivity contribution is -0.149. The molecule has 1 fully saturated rings. The summed E-state index contributed by atoms with van der Waals surface area (Å²) in [6, 6.07) is 2.11. The SMILES string of the molecule is CN(Cc1csc(Br)c1)CC1CCC(C(=O)O)O1. The molecule has 0 saturated carbocycles. The van der Waals surface area contributed by atoms with Gasteiger partial charge in [-0.25, -0.2) is 4.79 Å². The minimum Gasteiger partial charge on any atom is -0.479 e. The molecule has 100 valence electrons. The molecule has 1 aliphatic heterocycles. The predicted molar refractivity (Wildman–Crippen MR) is 73.9 cm³/mol. The zero-order valence-electron chi connectivity index (χ0n) is 10.1. The van der Waals surface area contributed by atoms with Crippen LogP contribution in [0.3, 0.4) is 0 Å². The highest BCUT2D eigenvalue weighted by Gasteiger charge is 2.30. The Hall–Kier alpha value is -0.430. The maximum absolute atomic E-state index is 10.8. The second kappa shape index (κ2) is 6.14. The van der Waals surface area contributed by atoms with Crippen LogP contribution in [0.2, 0.25) is 0 Å². The van der Waals surface area contributed by atoms with E-state index in [-0.39, 0.29) is 6.10 Å². The molecular weight excluding hydrogens is 318 g/mol. The fourth-order valence-electron chi connectivity index (χ4n) is 2.17. The predicted octanol–water partition coefficient (Wildman–Crippen LogP) is 2.57. The molecule has 1 N–H and O–H groups in total. The quantitative estimate of drug-likeness (QED) is 0.899. The molecule has 0 amide bonds. The third-order valence-corrected chi connectivity index (χ3v) is 4.53. The van der Waals surface area contributed by atoms with Gasteiger partial charge in [0, 0.05) is 13.1 Å². The van der Waals surface area contributed by atoms with Crippen molar-refractivity contribution in [1.29, 1.82) is 0 Å². The Kier molecular flexibility index (Phi) is 4.77. The van der Waals surface area contributed by atoms with Crippen molar-refractivity contribution < 1.29 is 14.6 Å². The highest BCUT2D eigenvalue weighted by Crippen LogP contribution is 2.23. The number of ether oxygens (including phenoxy) is 1. The number of rotatable bonds is 5. The first-order valence-corrected chi connectivity index (χ1v) is 7.51. The van der Waals surface area contributed by atoms with Crippen LogP contribution in [0.4, 0.5) is 0 Å². The Morgan fingerprint density at radius 2 is 2.44 bits per heavy atom. The molecule has 0 aliphatic carbocycles. The van der Waals surface area contributed by atoms with Gasteiger partial charge in [0.2, 0.25) is 0 Å². The van der Waals surface area contributed by atoms with Crippen molar-refractivity contribution in [3.8, 4) is 0 Å². The van der Waals surface area contributed by atoms with Gasteiger partial charge in [0.25, 0.3) is 0 Å². The largest absolute Gasteiger partial charge is 0.479 e. The molecule has 6 heteroatoms. The molecule has 2 atom stereocenters. The smallest absolute Gasteiger partial charge is 0.332 e. The van der Waals surface area contributed by atoms with Crippen molar-refractivity contribution in [2.24, 2.45) is 0 Å². The summed E-state index contributed by atoms with van der Waals surface area (Å²) < 4.78 is 6.62. The summed E-state index contributed by atoms with van der Waals surface area (Å²) in [4.78, 5) is 13.0. The second-order valence-corrected chi connectivity index (χ2v) is 6.91. The Balaban J connectivity index is 1.78. The van der Waals surface area contributed by atoms with Gasteiger partial charge in [0.1, 0.15) is 0 Å². The normalized spacial score (nSPS) is 23.7. The Bertz CT molecular complexity index is 423. The van der Waals surface area contributed by atoms with Crippen LogP contribution in [0.5, 0.6) is 0 Å². The molecule has 1 saturated heterocycles. The summed E-state index contributed by atoms with van der Waals surface area (Å²) in [5.41, 5.74) is 1.27. The van der Waals surface area contributed by atoms with Gasteiger partial charge in [-0.2, -0.15) is 0 Å². The van der Waals surface area contributed by atoms with Gasteiger partial charge in [0.05, 0.1) is 9.89 Å². The van der Waals surface area contributed by atoms with Crippen LogP contribution in [0.1, 0.15) is 18.4 Å². The highest BCUT2D eigenvalue weighted by molar-refractivity contribution is 9.11. The van der Waals surface area contributed by atoms with E-state index in [0.717, 1.165) is 23.3 Å². The number of halogens is 1. The van der Waals surface area contributed by atoms with Crippen molar-refractivity contribution in [3.05, 3.63) is 20.8 Å². The lowest BCUT2D eigenvalue weighted by Crippen LogP contribution is -2.30. The van der Waals surface area contributed by atoms with Gasteiger partial charge in [-0.05, 0) is 52.8 Å². The van der Waals surface area contributed by atoms with Crippen LogP contribution >= 0.6 is 27.3 Å². The monoisotopic (exact) mass is 333 g/mol. The number of hydrogen-bond acceptors (Lipinski definition) is 4. The van der Waals surface area contributed by atoms with E-state index in [0.29, 0.717) is 6.42 Å². The molecule has 0 bridgehead atoms. The molecule has 1 aromatic rings. The van der Waals surface area contributed by atoms with Crippen molar-refractivity contribution in [2.45, 2.75) is 31.6 Å². The van der Waals surface area contributed by atoms with Crippen molar-refractivity contribution >= 4 is 33.2 Å². The summed E-state index contributed by atoms with van der Waals surface area (Å²) in [5.74, 6) is -0.845. The average Bonchev–Trinajstić information content (AvgIpc) is 2.88. The molecule has 0 aromatic carbocycles. The Labute approximate surface area is 119 Å². The molecule has 2 unspecified atom stereocenters. The molecule has 4 nitrogen and oxygen atoms in total. The van der Waals surface area contributed by atoms with E-state index < -0.39 is 12.1 Å². The van der Waals surface area contributed by atoms with E-state index in [1.165, 1.54) is 5.56 Å². The molecule has 0 spiro atoms. The van der Waals surface area contributed by atoms with Crippen LogP contribution in [-0.2, 0) is 16.1 Å². The number of aliphatic carboxylic acids is 1. The van der Waals surface area contributed by atoms with Crippen LogP contribution in [0.25, 0.3) is 0 Å². The summed E-state index contributed by atoms with van der Waals surface area (Å²) in [5, 5.41) is 11.0. The molecule has 2 rings (SSSR count). The lowest BCUT2D eigenvalue weighted by atomic mass is 10.2. The van der Waals surface area contributed by atoms with E-state index >= 15 is 0 Å². The third kappa shape index (κ3) is 3.78. The highest BCUT2D eigenvalue weighted by atomic mass is 79.9. The number of carboxylic acid groups (broad SMARTS) is 1. The minimum absolute atomic E-state index is 0.0400. The van der Waals surface area contributed by atoms with Gasteiger partial charge in [-0.1, -0.05) is 0 Å². The van der Waals surface area contributed by atoms with Gasteiger partial charge in [-0.15, -0.1) is 11.3 Å². The second-order valence-electron chi connectivity index (χ2n) is 4.62. The average molecular weight is 334 g/mol. The maximum Gasteiger partial charge on any atom is 0.332 e. The summed E-state index contributed by atoms with van der Waals surface area (Å²) in [6.45, 7) is 1.64. The van der Waals surface area contributed by atoms with Crippen LogP contribution in [0, 0.1) is 0 Å². The lowest BCUT2D eigenvalue weighted by Gasteiger charge is -2.20. The van der Waals surface area contributed by atoms with Gasteiger partial charge in [-0.3, -0.25) is 4.90 Å². The number of hydrogen-bond donors (Lipinski definition) is 1. The molecule has 18 heavy (non-hydrogen) atoms. The number of likely N-dealkylation sites (N-methyl/N-ethyl adjacent to an activating group) is 1. The van der Waals surface area contributed by atoms with Crippen LogP contribution in [0.15, 0.2) is 15.2 Å². The van der Waals surface area contributed by atoms with E-state index in [1.54, 1.807) is 11.3 Å². The standard InChI is InChI=1S/C12H16BrNO3S/c1-14(5-8-4-11(13)18-7-8)6-9-2-3-10(17-9)12(15)16/h4,7,9-10H,2-3,5-6H2,1H3,(H,15,16). The maximum atomic E-state index is 10.8. The van der Waals surface area contributed by atoms with Crippen molar-refractivity contribution in [2.75, 3.05) is 13.6 Å². The van der Waals surface area contributed by atoms with E-state index in [2.05, 4.69) is 32.3 Å². The molecule has 1 aliphatic rings. The Morgan fingerprint density at radius 3 is 3.00 bits per heavy atom. The number of carboxylic acids is 1. The third-order valence-electron chi connectivity index (χ3n) is 2.97. The van der Waals surface area contributed by atoms with Gasteiger partial charge in [0.15, 0.2) is 6.10 Å². The Morgan fingerprint density at radius 1 is 1.67 bits per heavy atom. The van der Waals surface area contributed by atoms with Crippen LogP contribution < -0.4 is 0 Å². The van der Waals surface area contributed by atoms with Gasteiger partial charge >= 0.3 is 5.97 Å². The first-order chi connectivity index (χ1) is 8.54. The van der Waals surface area contributed by atoms with Gasteiger partial charge < -0.3 is 9.84 Å². The molecule has 1 aromatic heterocycles. The summed E-state index contributed by atoms with van der Waals surface area (Å²) in [7, 11) is 2.03. The minimum atomic E-state index is -0.845. The first kappa shape index (κ1) is 14.0. The number of nitrogens with zero attached hydrogens (tertiary/aromatic N) is 1. The molecule has 0 radical (unpaired) electrons.